The quantitative estimate of drug-likeness (QED) is 0.792. The average molecular weight is 369 g/mol. The summed E-state index contributed by atoms with van der Waals surface area (Å²) in [5.74, 6) is -0.366. The van der Waals surface area contributed by atoms with E-state index < -0.39 is 6.04 Å². The van der Waals surface area contributed by atoms with E-state index >= 15 is 0 Å². The zero-order valence-electron chi connectivity index (χ0n) is 11.7. The number of hydrogen-bond donors (Lipinski definition) is 1. The maximum Gasteiger partial charge on any atom is 0.332 e. The van der Waals surface area contributed by atoms with Crippen LogP contribution in [0, 0.1) is 6.92 Å². The standard InChI is InChI=1S/C16H15BrClNO2/c1-10-4-3-5-12(8-10)19-15(16(20)21-2)11-6-7-13(17)14(18)9-11/h3-9,15,19H,1-2H3. The second-order valence-corrected chi connectivity index (χ2v) is 5.91. The van der Waals surface area contributed by atoms with Crippen molar-refractivity contribution in [3.63, 3.8) is 0 Å². The Balaban J connectivity index is 2.34. The molecule has 0 aromatic heterocycles. The Morgan fingerprint density at radius 2 is 2.05 bits per heavy atom. The van der Waals surface area contributed by atoms with Gasteiger partial charge in [-0.2, -0.15) is 0 Å². The van der Waals surface area contributed by atoms with E-state index in [-0.39, 0.29) is 5.97 Å². The third-order valence-electron chi connectivity index (χ3n) is 3.04. The van der Waals surface area contributed by atoms with Gasteiger partial charge in [-0.25, -0.2) is 4.79 Å². The van der Waals surface area contributed by atoms with Gasteiger partial charge in [0.25, 0.3) is 0 Å². The molecular formula is C16H15BrClNO2. The molecule has 0 heterocycles. The van der Waals surface area contributed by atoms with E-state index in [1.165, 1.54) is 7.11 Å². The largest absolute Gasteiger partial charge is 0.467 e. The number of anilines is 1. The van der Waals surface area contributed by atoms with Gasteiger partial charge in [-0.1, -0.05) is 29.8 Å². The van der Waals surface area contributed by atoms with Crippen molar-refractivity contribution in [3.8, 4) is 0 Å². The van der Waals surface area contributed by atoms with Crippen LogP contribution in [0.5, 0.6) is 0 Å². The van der Waals surface area contributed by atoms with Crippen molar-refractivity contribution in [2.24, 2.45) is 0 Å². The molecule has 0 fully saturated rings. The highest BCUT2D eigenvalue weighted by Gasteiger charge is 2.22. The van der Waals surface area contributed by atoms with Crippen molar-refractivity contribution in [3.05, 3.63) is 63.1 Å². The van der Waals surface area contributed by atoms with E-state index in [1.54, 1.807) is 6.07 Å². The van der Waals surface area contributed by atoms with Crippen LogP contribution in [-0.4, -0.2) is 13.1 Å². The minimum Gasteiger partial charge on any atom is -0.467 e. The zero-order chi connectivity index (χ0) is 15.4. The van der Waals surface area contributed by atoms with Gasteiger partial charge < -0.3 is 10.1 Å². The number of nitrogens with one attached hydrogen (secondary N) is 1. The summed E-state index contributed by atoms with van der Waals surface area (Å²) in [6, 6.07) is 12.6. The van der Waals surface area contributed by atoms with Gasteiger partial charge in [0.2, 0.25) is 0 Å². The van der Waals surface area contributed by atoms with Crippen molar-refractivity contribution >= 4 is 39.2 Å². The molecule has 2 aromatic carbocycles. The molecule has 2 aromatic rings. The van der Waals surface area contributed by atoms with Crippen LogP contribution in [0.3, 0.4) is 0 Å². The molecule has 0 aliphatic carbocycles. The van der Waals surface area contributed by atoms with E-state index in [9.17, 15) is 4.79 Å². The summed E-state index contributed by atoms with van der Waals surface area (Å²) in [7, 11) is 1.37. The topological polar surface area (TPSA) is 38.3 Å². The summed E-state index contributed by atoms with van der Waals surface area (Å²) in [4.78, 5) is 12.1. The molecule has 21 heavy (non-hydrogen) atoms. The van der Waals surface area contributed by atoms with Crippen molar-refractivity contribution in [2.45, 2.75) is 13.0 Å². The van der Waals surface area contributed by atoms with Gasteiger partial charge in [0.05, 0.1) is 12.1 Å². The average Bonchev–Trinajstić information content (AvgIpc) is 2.47. The third-order valence-corrected chi connectivity index (χ3v) is 4.28. The molecule has 1 unspecified atom stereocenters. The van der Waals surface area contributed by atoms with Gasteiger partial charge in [0, 0.05) is 10.2 Å². The minimum atomic E-state index is -0.609. The van der Waals surface area contributed by atoms with E-state index in [0.29, 0.717) is 5.02 Å². The number of halogens is 2. The van der Waals surface area contributed by atoms with Crippen LogP contribution in [-0.2, 0) is 9.53 Å². The fourth-order valence-electron chi connectivity index (χ4n) is 1.99. The number of carbonyl (C=O) groups excluding carboxylic acids is 1. The minimum absolute atomic E-state index is 0.366. The van der Waals surface area contributed by atoms with Gasteiger partial charge in [0.15, 0.2) is 6.04 Å². The van der Waals surface area contributed by atoms with E-state index in [2.05, 4.69) is 21.2 Å². The first-order valence-corrected chi connectivity index (χ1v) is 7.54. The summed E-state index contributed by atoms with van der Waals surface area (Å²) in [6.45, 7) is 1.99. The lowest BCUT2D eigenvalue weighted by atomic mass is 10.1. The highest BCUT2D eigenvalue weighted by molar-refractivity contribution is 9.10. The molecule has 0 amide bonds. The Labute approximate surface area is 137 Å². The summed E-state index contributed by atoms with van der Waals surface area (Å²) in [6.07, 6.45) is 0. The molecule has 0 spiro atoms. The maximum absolute atomic E-state index is 12.1. The van der Waals surface area contributed by atoms with Crippen LogP contribution < -0.4 is 5.32 Å². The molecule has 5 heteroatoms. The summed E-state index contributed by atoms with van der Waals surface area (Å²) >= 11 is 9.45. The lowest BCUT2D eigenvalue weighted by Gasteiger charge is -2.19. The van der Waals surface area contributed by atoms with Crippen LogP contribution in [0.25, 0.3) is 0 Å². The fraction of sp³-hybridized carbons (Fsp3) is 0.188. The van der Waals surface area contributed by atoms with Crippen LogP contribution >= 0.6 is 27.5 Å². The monoisotopic (exact) mass is 367 g/mol. The van der Waals surface area contributed by atoms with Gasteiger partial charge >= 0.3 is 5.97 Å². The molecule has 2 rings (SSSR count). The Morgan fingerprint density at radius 1 is 1.29 bits per heavy atom. The number of esters is 1. The Kier molecular flexibility index (Phi) is 5.26. The van der Waals surface area contributed by atoms with Gasteiger partial charge in [-0.15, -0.1) is 0 Å². The highest BCUT2D eigenvalue weighted by atomic mass is 79.9. The van der Waals surface area contributed by atoms with Gasteiger partial charge in [-0.05, 0) is 58.2 Å². The highest BCUT2D eigenvalue weighted by Crippen LogP contribution is 2.28. The van der Waals surface area contributed by atoms with Crippen LogP contribution in [0.15, 0.2) is 46.9 Å². The number of methoxy groups -OCH3 is 1. The van der Waals surface area contributed by atoms with Gasteiger partial charge in [0.1, 0.15) is 0 Å². The number of benzene rings is 2. The first-order valence-electron chi connectivity index (χ1n) is 6.37. The van der Waals surface area contributed by atoms with Crippen molar-refractivity contribution in [1.29, 1.82) is 0 Å². The molecular weight excluding hydrogens is 354 g/mol. The van der Waals surface area contributed by atoms with Crippen molar-refractivity contribution in [2.75, 3.05) is 12.4 Å². The number of rotatable bonds is 4. The first-order chi connectivity index (χ1) is 10.0. The molecule has 0 aliphatic rings. The van der Waals surface area contributed by atoms with Crippen LogP contribution in [0.1, 0.15) is 17.2 Å². The predicted octanol–water partition coefficient (Wildman–Crippen LogP) is 4.74. The molecule has 0 aliphatic heterocycles. The molecule has 110 valence electrons. The summed E-state index contributed by atoms with van der Waals surface area (Å²) < 4.78 is 5.67. The van der Waals surface area contributed by atoms with Gasteiger partial charge in [-0.3, -0.25) is 0 Å². The fourth-order valence-corrected chi connectivity index (χ4v) is 2.43. The molecule has 0 saturated carbocycles. The molecule has 1 atom stereocenters. The smallest absolute Gasteiger partial charge is 0.332 e. The maximum atomic E-state index is 12.1. The second-order valence-electron chi connectivity index (χ2n) is 4.64. The normalized spacial score (nSPS) is 11.8. The molecule has 0 saturated heterocycles. The number of ether oxygens (including phenoxy) is 1. The number of carbonyl (C=O) groups is 1. The van der Waals surface area contributed by atoms with E-state index in [0.717, 1.165) is 21.3 Å². The molecule has 3 nitrogen and oxygen atoms in total. The molecule has 0 radical (unpaired) electrons. The third kappa shape index (κ3) is 3.99. The number of hydrogen-bond acceptors (Lipinski definition) is 3. The SMILES string of the molecule is COC(=O)C(Nc1cccc(C)c1)c1ccc(Br)c(Cl)c1. The van der Waals surface area contributed by atoms with Crippen molar-refractivity contribution < 1.29 is 9.53 Å². The lowest BCUT2D eigenvalue weighted by Crippen LogP contribution is -2.22. The Hall–Kier alpha value is -1.52. The number of aryl methyl sites for hydroxylation is 1. The Bertz CT molecular complexity index is 660. The zero-order valence-corrected chi connectivity index (χ0v) is 14.0. The van der Waals surface area contributed by atoms with E-state index in [4.69, 9.17) is 16.3 Å². The predicted molar refractivity (Wildman–Crippen MR) is 88.7 cm³/mol. The van der Waals surface area contributed by atoms with Crippen molar-refractivity contribution in [1.82, 2.24) is 0 Å². The summed E-state index contributed by atoms with van der Waals surface area (Å²) in [5.41, 5.74) is 2.71. The van der Waals surface area contributed by atoms with Crippen LogP contribution in [0.4, 0.5) is 5.69 Å². The first kappa shape index (κ1) is 15.9. The summed E-state index contributed by atoms with van der Waals surface area (Å²) in [5, 5.41) is 3.73. The molecule has 0 bridgehead atoms. The second kappa shape index (κ2) is 6.96. The lowest BCUT2D eigenvalue weighted by molar-refractivity contribution is -0.141. The Morgan fingerprint density at radius 3 is 2.67 bits per heavy atom. The van der Waals surface area contributed by atoms with E-state index in [1.807, 2.05) is 43.3 Å². The van der Waals surface area contributed by atoms with Crippen LogP contribution in [0.2, 0.25) is 5.02 Å². The molecule has 1 N–H and O–H groups in total.